The third-order valence-electron chi connectivity index (χ3n) is 4.16. The van der Waals surface area contributed by atoms with Gasteiger partial charge in [0.05, 0.1) is 24.4 Å². The Hall–Kier alpha value is -2.92. The summed E-state index contributed by atoms with van der Waals surface area (Å²) in [6.07, 6.45) is -0.590. The molecular weight excluding hydrogens is 328 g/mol. The van der Waals surface area contributed by atoms with Gasteiger partial charge in [0.2, 0.25) is 0 Å². The molecule has 0 fully saturated rings. The summed E-state index contributed by atoms with van der Waals surface area (Å²) in [4.78, 5) is 16.9. The summed E-state index contributed by atoms with van der Waals surface area (Å²) in [7, 11) is 1.61. The Balaban J connectivity index is 2.01. The lowest BCUT2D eigenvalue weighted by atomic mass is 10.1. The van der Waals surface area contributed by atoms with Crippen molar-refractivity contribution in [1.29, 1.82) is 0 Å². The lowest BCUT2D eigenvalue weighted by Gasteiger charge is -2.11. The van der Waals surface area contributed by atoms with Gasteiger partial charge in [-0.3, -0.25) is 4.79 Å². The van der Waals surface area contributed by atoms with Gasteiger partial charge in [0.1, 0.15) is 5.75 Å². The van der Waals surface area contributed by atoms with E-state index in [1.54, 1.807) is 26.2 Å². The topological polar surface area (TPSA) is 71.5 Å². The van der Waals surface area contributed by atoms with E-state index in [-0.39, 0.29) is 12.5 Å². The summed E-state index contributed by atoms with van der Waals surface area (Å²) in [5.74, 6) is 0.424. The van der Waals surface area contributed by atoms with E-state index in [4.69, 9.17) is 9.72 Å². The van der Waals surface area contributed by atoms with Crippen molar-refractivity contribution in [3.05, 3.63) is 59.7 Å². The van der Waals surface area contributed by atoms with Gasteiger partial charge in [-0.1, -0.05) is 29.8 Å². The van der Waals surface area contributed by atoms with Crippen molar-refractivity contribution in [3.8, 4) is 17.0 Å². The smallest absolute Gasteiger partial charge is 0.251 e. The molecule has 2 aromatic carbocycles. The Morgan fingerprint density at radius 2 is 1.92 bits per heavy atom. The van der Waals surface area contributed by atoms with Crippen LogP contribution in [0.2, 0.25) is 0 Å². The van der Waals surface area contributed by atoms with E-state index in [0.717, 1.165) is 22.2 Å². The number of aryl methyl sites for hydroxylation is 1. The van der Waals surface area contributed by atoms with Crippen LogP contribution in [-0.2, 0) is 0 Å². The molecule has 0 saturated heterocycles. The molecule has 0 aliphatic heterocycles. The Morgan fingerprint density at radius 1 is 1.19 bits per heavy atom. The maximum atomic E-state index is 12.2. The van der Waals surface area contributed by atoms with Crippen LogP contribution in [0.4, 0.5) is 0 Å². The zero-order valence-corrected chi connectivity index (χ0v) is 15.1. The summed E-state index contributed by atoms with van der Waals surface area (Å²) in [6, 6.07) is 15.3. The van der Waals surface area contributed by atoms with Crippen molar-refractivity contribution in [2.45, 2.75) is 20.0 Å². The molecule has 26 heavy (non-hydrogen) atoms. The fraction of sp³-hybridized carbons (Fsp3) is 0.238. The second kappa shape index (κ2) is 7.54. The highest BCUT2D eigenvalue weighted by molar-refractivity contribution is 5.99. The summed E-state index contributed by atoms with van der Waals surface area (Å²) in [5, 5.41) is 12.8. The summed E-state index contributed by atoms with van der Waals surface area (Å²) in [5.41, 5.74) is 4.28. The number of ether oxygens (including phenoxy) is 1. The number of aliphatic hydroxyl groups excluding tert-OH is 1. The monoisotopic (exact) mass is 350 g/mol. The quantitative estimate of drug-likeness (QED) is 0.740. The number of hydrogen-bond acceptors (Lipinski definition) is 4. The number of aromatic nitrogens is 1. The minimum Gasteiger partial charge on any atom is -0.496 e. The SMILES string of the molecule is COc1cc(-c2ccc(C)cc2)nc2ccc(C(=O)NC[C@@H](C)O)cc12. The first-order valence-corrected chi connectivity index (χ1v) is 8.50. The second-order valence-electron chi connectivity index (χ2n) is 6.37. The molecule has 1 heterocycles. The molecule has 0 radical (unpaired) electrons. The third kappa shape index (κ3) is 3.83. The number of aliphatic hydroxyl groups is 1. The van der Waals surface area contributed by atoms with Crippen LogP contribution in [0.5, 0.6) is 5.75 Å². The zero-order chi connectivity index (χ0) is 18.7. The molecule has 3 rings (SSSR count). The molecule has 134 valence electrons. The molecule has 1 atom stereocenters. The molecule has 3 aromatic rings. The number of amides is 1. The molecule has 0 bridgehead atoms. The van der Waals surface area contributed by atoms with E-state index in [1.807, 2.05) is 43.3 Å². The first-order chi connectivity index (χ1) is 12.5. The van der Waals surface area contributed by atoms with Gasteiger partial charge < -0.3 is 15.2 Å². The number of rotatable bonds is 5. The normalized spacial score (nSPS) is 12.0. The molecular formula is C21H22N2O3. The van der Waals surface area contributed by atoms with Gasteiger partial charge in [-0.2, -0.15) is 0 Å². The van der Waals surface area contributed by atoms with Crippen LogP contribution in [0.25, 0.3) is 22.2 Å². The maximum Gasteiger partial charge on any atom is 0.251 e. The van der Waals surface area contributed by atoms with E-state index in [2.05, 4.69) is 5.32 Å². The molecule has 0 aliphatic carbocycles. The molecule has 5 nitrogen and oxygen atoms in total. The molecule has 0 saturated carbocycles. The first kappa shape index (κ1) is 17.9. The van der Waals surface area contributed by atoms with Crippen molar-refractivity contribution in [3.63, 3.8) is 0 Å². The van der Waals surface area contributed by atoms with Gasteiger partial charge in [-0.25, -0.2) is 4.98 Å². The Labute approximate surface area is 152 Å². The molecule has 2 N–H and O–H groups in total. The highest BCUT2D eigenvalue weighted by atomic mass is 16.5. The van der Waals surface area contributed by atoms with E-state index in [1.165, 1.54) is 5.56 Å². The van der Waals surface area contributed by atoms with Crippen LogP contribution in [0.1, 0.15) is 22.8 Å². The number of fused-ring (bicyclic) bond motifs is 1. The molecule has 1 amide bonds. The number of pyridine rings is 1. The van der Waals surface area contributed by atoms with E-state index in [0.29, 0.717) is 11.3 Å². The predicted molar refractivity (Wildman–Crippen MR) is 102 cm³/mol. The highest BCUT2D eigenvalue weighted by Gasteiger charge is 2.12. The highest BCUT2D eigenvalue weighted by Crippen LogP contribution is 2.30. The first-order valence-electron chi connectivity index (χ1n) is 8.50. The Kier molecular flexibility index (Phi) is 5.19. The van der Waals surface area contributed by atoms with Crippen LogP contribution in [0, 0.1) is 6.92 Å². The van der Waals surface area contributed by atoms with Crippen molar-refractivity contribution in [2.75, 3.05) is 13.7 Å². The summed E-state index contributed by atoms with van der Waals surface area (Å²) in [6.45, 7) is 3.88. The van der Waals surface area contributed by atoms with Gasteiger partial charge in [-0.05, 0) is 32.0 Å². The lowest BCUT2D eigenvalue weighted by Crippen LogP contribution is -2.30. The van der Waals surface area contributed by atoms with Crippen molar-refractivity contribution in [1.82, 2.24) is 10.3 Å². The van der Waals surface area contributed by atoms with Gasteiger partial charge in [0.25, 0.3) is 5.91 Å². The largest absolute Gasteiger partial charge is 0.496 e. The van der Waals surface area contributed by atoms with Crippen LogP contribution in [0.3, 0.4) is 0 Å². The molecule has 5 heteroatoms. The molecule has 0 aliphatic rings. The molecule has 0 unspecified atom stereocenters. The second-order valence-corrected chi connectivity index (χ2v) is 6.37. The number of carbonyl (C=O) groups is 1. The lowest BCUT2D eigenvalue weighted by molar-refractivity contribution is 0.0924. The minimum absolute atomic E-state index is 0.207. The van der Waals surface area contributed by atoms with Gasteiger partial charge in [-0.15, -0.1) is 0 Å². The van der Waals surface area contributed by atoms with Crippen LogP contribution in [-0.4, -0.2) is 35.8 Å². The Morgan fingerprint density at radius 3 is 2.58 bits per heavy atom. The number of hydrogen-bond donors (Lipinski definition) is 2. The van der Waals surface area contributed by atoms with E-state index < -0.39 is 6.10 Å². The van der Waals surface area contributed by atoms with Crippen molar-refractivity contribution < 1.29 is 14.6 Å². The summed E-state index contributed by atoms with van der Waals surface area (Å²) >= 11 is 0. The number of nitrogens with one attached hydrogen (secondary N) is 1. The van der Waals surface area contributed by atoms with E-state index >= 15 is 0 Å². The fourth-order valence-corrected chi connectivity index (χ4v) is 2.72. The number of carbonyl (C=O) groups excluding carboxylic acids is 1. The van der Waals surface area contributed by atoms with Gasteiger partial charge >= 0.3 is 0 Å². The standard InChI is InChI=1S/C21H22N2O3/c1-13-4-6-15(7-5-13)19-11-20(26-3)17-10-16(8-9-18(17)23-19)21(25)22-12-14(2)24/h4-11,14,24H,12H2,1-3H3,(H,22,25)/t14-/m1/s1. The molecule has 0 spiro atoms. The van der Waals surface area contributed by atoms with Crippen molar-refractivity contribution in [2.24, 2.45) is 0 Å². The number of nitrogens with zero attached hydrogens (tertiary/aromatic N) is 1. The number of methoxy groups -OCH3 is 1. The minimum atomic E-state index is -0.590. The molecule has 1 aromatic heterocycles. The fourth-order valence-electron chi connectivity index (χ4n) is 2.72. The van der Waals surface area contributed by atoms with Gasteiger partial charge in [0.15, 0.2) is 0 Å². The predicted octanol–water partition coefficient (Wildman–Crippen LogP) is 3.33. The average Bonchev–Trinajstić information content (AvgIpc) is 2.65. The zero-order valence-electron chi connectivity index (χ0n) is 15.1. The Bertz CT molecular complexity index is 934. The van der Waals surface area contributed by atoms with Crippen LogP contribution < -0.4 is 10.1 Å². The van der Waals surface area contributed by atoms with Crippen LogP contribution in [0.15, 0.2) is 48.5 Å². The number of benzene rings is 2. The van der Waals surface area contributed by atoms with Crippen LogP contribution >= 0.6 is 0 Å². The average molecular weight is 350 g/mol. The summed E-state index contributed by atoms with van der Waals surface area (Å²) < 4.78 is 5.53. The van der Waals surface area contributed by atoms with Crippen molar-refractivity contribution >= 4 is 16.8 Å². The maximum absolute atomic E-state index is 12.2. The third-order valence-corrected chi connectivity index (χ3v) is 4.16. The van der Waals surface area contributed by atoms with Gasteiger partial charge in [0, 0.05) is 29.1 Å². The van der Waals surface area contributed by atoms with E-state index in [9.17, 15) is 9.90 Å².